The zero-order valence-electron chi connectivity index (χ0n) is 5.94. The molecule has 1 aromatic rings. The van der Waals surface area contributed by atoms with Crippen LogP contribution in [0.3, 0.4) is 0 Å². The van der Waals surface area contributed by atoms with Gasteiger partial charge in [-0.05, 0) is 39.9 Å². The van der Waals surface area contributed by atoms with Crippen molar-refractivity contribution in [2.24, 2.45) is 0 Å². The fourth-order valence-electron chi connectivity index (χ4n) is 1.24. The molecule has 1 fully saturated rings. The van der Waals surface area contributed by atoms with E-state index in [1.807, 2.05) is 25.7 Å². The third-order valence-corrected chi connectivity index (χ3v) is 12.3. The minimum atomic E-state index is -0.781. The lowest BCUT2D eigenvalue weighted by Gasteiger charge is -2.05. The van der Waals surface area contributed by atoms with E-state index in [-0.39, 0.29) is 0 Å². The van der Waals surface area contributed by atoms with E-state index in [4.69, 9.17) is 12.2 Å². The van der Waals surface area contributed by atoms with E-state index >= 15 is 0 Å². The van der Waals surface area contributed by atoms with Crippen LogP contribution in [0.5, 0.6) is 0 Å². The molecule has 62 valence electrons. The van der Waals surface area contributed by atoms with Crippen LogP contribution < -0.4 is 5.32 Å². The SMILES string of the molecule is S=C1Nc2ccccc2S12SS2. The van der Waals surface area contributed by atoms with Crippen molar-refractivity contribution < 1.29 is 0 Å². The van der Waals surface area contributed by atoms with Crippen molar-refractivity contribution in [3.8, 4) is 0 Å². The number of rotatable bonds is 0. The van der Waals surface area contributed by atoms with Crippen molar-refractivity contribution in [1.82, 2.24) is 0 Å². The van der Waals surface area contributed by atoms with E-state index < -0.39 is 8.09 Å². The average Bonchev–Trinajstić information content (AvgIpc) is 2.80. The van der Waals surface area contributed by atoms with Crippen molar-refractivity contribution in [3.63, 3.8) is 0 Å². The Kier molecular flexibility index (Phi) is 1.48. The molecular weight excluding hydrogens is 226 g/mol. The molecule has 0 aliphatic carbocycles. The topological polar surface area (TPSA) is 12.0 Å². The van der Waals surface area contributed by atoms with Gasteiger partial charge in [-0.1, -0.05) is 24.4 Å². The summed E-state index contributed by atoms with van der Waals surface area (Å²) in [5.74, 6) is 0. The molecule has 0 aromatic heterocycles. The fourth-order valence-corrected chi connectivity index (χ4v) is 11.1. The van der Waals surface area contributed by atoms with Crippen LogP contribution in [0.4, 0.5) is 5.69 Å². The molecule has 0 saturated carbocycles. The van der Waals surface area contributed by atoms with Crippen molar-refractivity contribution in [2.45, 2.75) is 4.90 Å². The number of hydrogen-bond donors (Lipinski definition) is 1. The monoisotopic (exact) mass is 231 g/mol. The Morgan fingerprint density at radius 1 is 1.25 bits per heavy atom. The second-order valence-electron chi connectivity index (χ2n) is 2.55. The van der Waals surface area contributed by atoms with Gasteiger partial charge in [-0.3, -0.25) is 0 Å². The summed E-state index contributed by atoms with van der Waals surface area (Å²) in [6.07, 6.45) is 0. The molecule has 1 saturated heterocycles. The Morgan fingerprint density at radius 2 is 2.00 bits per heavy atom. The van der Waals surface area contributed by atoms with Crippen LogP contribution in [0, 0.1) is 0 Å². The molecule has 0 bridgehead atoms. The third kappa shape index (κ3) is 0.824. The van der Waals surface area contributed by atoms with Crippen LogP contribution in [0.1, 0.15) is 0 Å². The van der Waals surface area contributed by atoms with Gasteiger partial charge >= 0.3 is 0 Å². The van der Waals surface area contributed by atoms with Gasteiger partial charge in [0, 0.05) is 4.90 Å². The Hall–Kier alpha value is 0.160. The molecule has 2 aliphatic rings. The molecule has 1 spiro atoms. The Bertz CT molecular complexity index is 371. The van der Waals surface area contributed by atoms with Gasteiger partial charge in [0.1, 0.15) is 4.32 Å². The smallest absolute Gasteiger partial charge is 0.144 e. The van der Waals surface area contributed by atoms with Crippen LogP contribution in [0.15, 0.2) is 29.2 Å². The summed E-state index contributed by atoms with van der Waals surface area (Å²) in [6, 6.07) is 8.42. The van der Waals surface area contributed by atoms with Gasteiger partial charge in [-0.15, -0.1) is 0 Å². The van der Waals surface area contributed by atoms with Crippen molar-refractivity contribution in [1.29, 1.82) is 0 Å². The molecule has 1 nitrogen and oxygen atoms in total. The fraction of sp³-hybridized carbons (Fsp3) is 0. The number of fused-ring (bicyclic) bond motifs is 2. The van der Waals surface area contributed by atoms with Gasteiger partial charge in [-0.2, -0.15) is 0 Å². The lowest BCUT2D eigenvalue weighted by Crippen LogP contribution is -1.98. The molecular formula is C7H5NS4. The van der Waals surface area contributed by atoms with Crippen LogP contribution in [-0.4, -0.2) is 4.32 Å². The first-order valence-corrected chi connectivity index (χ1v) is 8.66. The molecule has 0 radical (unpaired) electrons. The highest BCUT2D eigenvalue weighted by Crippen LogP contribution is 3.00. The second-order valence-corrected chi connectivity index (χ2v) is 12.2. The third-order valence-electron chi connectivity index (χ3n) is 1.86. The highest BCUT2D eigenvalue weighted by molar-refractivity contribution is 9.73. The van der Waals surface area contributed by atoms with Crippen LogP contribution in [0.2, 0.25) is 0 Å². The van der Waals surface area contributed by atoms with E-state index in [0.29, 0.717) is 0 Å². The molecule has 1 aromatic carbocycles. The quantitative estimate of drug-likeness (QED) is 0.315. The summed E-state index contributed by atoms with van der Waals surface area (Å²) in [4.78, 5) is 1.42. The van der Waals surface area contributed by atoms with Crippen molar-refractivity contribution in [3.05, 3.63) is 24.3 Å². The van der Waals surface area contributed by atoms with Crippen molar-refractivity contribution >= 4 is 50.0 Å². The predicted molar refractivity (Wildman–Crippen MR) is 63.7 cm³/mol. The van der Waals surface area contributed by atoms with Gasteiger partial charge in [0.05, 0.1) is 5.69 Å². The molecule has 0 atom stereocenters. The molecule has 0 unspecified atom stereocenters. The van der Waals surface area contributed by atoms with E-state index in [0.717, 1.165) is 4.32 Å². The minimum Gasteiger partial charge on any atom is -0.340 e. The number of para-hydroxylation sites is 1. The minimum absolute atomic E-state index is 0.781. The Balaban J connectivity index is 2.26. The maximum absolute atomic E-state index is 5.31. The summed E-state index contributed by atoms with van der Waals surface area (Å²) in [5, 5.41) is 3.28. The van der Waals surface area contributed by atoms with E-state index in [1.165, 1.54) is 10.6 Å². The molecule has 3 rings (SSSR count). The highest BCUT2D eigenvalue weighted by Gasteiger charge is 2.52. The van der Waals surface area contributed by atoms with Crippen molar-refractivity contribution in [2.75, 3.05) is 5.32 Å². The van der Waals surface area contributed by atoms with Crippen LogP contribution in [-0.2, 0) is 0 Å². The van der Waals surface area contributed by atoms with E-state index in [2.05, 4.69) is 23.5 Å². The summed E-state index contributed by atoms with van der Waals surface area (Å²) in [6.45, 7) is 0. The van der Waals surface area contributed by atoms with Gasteiger partial charge in [0.15, 0.2) is 0 Å². The highest BCUT2D eigenvalue weighted by atomic mass is 34.1. The largest absolute Gasteiger partial charge is 0.340 e. The first-order valence-electron chi connectivity index (χ1n) is 3.44. The zero-order valence-corrected chi connectivity index (χ0v) is 9.21. The van der Waals surface area contributed by atoms with Gasteiger partial charge < -0.3 is 5.32 Å². The molecule has 1 N–H and O–H groups in total. The summed E-state index contributed by atoms with van der Waals surface area (Å²) < 4.78 is 1.04. The lowest BCUT2D eigenvalue weighted by atomic mass is 10.3. The van der Waals surface area contributed by atoms with Gasteiger partial charge in [-0.25, -0.2) is 0 Å². The first-order chi connectivity index (χ1) is 5.83. The maximum atomic E-state index is 5.31. The average molecular weight is 231 g/mol. The van der Waals surface area contributed by atoms with Crippen LogP contribution in [0.25, 0.3) is 0 Å². The van der Waals surface area contributed by atoms with Gasteiger partial charge in [0.25, 0.3) is 0 Å². The number of anilines is 1. The molecule has 2 aliphatic heterocycles. The zero-order chi connectivity index (χ0) is 8.18. The van der Waals surface area contributed by atoms with E-state index in [9.17, 15) is 0 Å². The van der Waals surface area contributed by atoms with Gasteiger partial charge in [0.2, 0.25) is 0 Å². The molecule has 2 heterocycles. The lowest BCUT2D eigenvalue weighted by molar-refractivity contribution is 1.48. The first kappa shape index (κ1) is 7.55. The summed E-state index contributed by atoms with van der Waals surface area (Å²) >= 11 is 5.31. The summed E-state index contributed by atoms with van der Waals surface area (Å²) in [5.41, 5.74) is 1.22. The summed E-state index contributed by atoms with van der Waals surface area (Å²) in [7, 11) is 3.07. The van der Waals surface area contributed by atoms with E-state index in [1.54, 1.807) is 0 Å². The Morgan fingerprint density at radius 3 is 2.75 bits per heavy atom. The molecule has 5 heteroatoms. The number of nitrogens with one attached hydrogen (secondary N) is 1. The second kappa shape index (κ2) is 2.35. The predicted octanol–water partition coefficient (Wildman–Crippen LogP) is 3.79. The maximum Gasteiger partial charge on any atom is 0.144 e. The Labute approximate surface area is 84.2 Å². The normalized spacial score (nSPS) is 24.8. The molecule has 0 amide bonds. The number of thiocarbonyl (C=S) groups is 1. The standard InChI is InChI=1S/C7H5NS4/c9-7-8-5-3-1-2-4-6(5)12(7)10-11-12/h1-4H,(H,8,9). The number of benzene rings is 1. The number of hydrogen-bond acceptors (Lipinski definition) is 3. The van der Waals surface area contributed by atoms with Crippen LogP contribution >= 0.6 is 40.0 Å². The molecule has 12 heavy (non-hydrogen) atoms.